The Balaban J connectivity index is 4.10. The summed E-state index contributed by atoms with van der Waals surface area (Å²) in [4.78, 5) is 37.4. The molecule has 68 heavy (non-hydrogen) atoms. The smallest absolute Gasteiger partial charge is 0.306 e. The van der Waals surface area contributed by atoms with E-state index in [0.29, 0.717) is 17.4 Å². The molecule has 0 aliphatic heterocycles. The molecule has 0 aliphatic carbocycles. The van der Waals surface area contributed by atoms with Gasteiger partial charge in [0.1, 0.15) is 19.8 Å². The molecule has 0 aromatic heterocycles. The maximum absolute atomic E-state index is 12.7. The lowest BCUT2D eigenvalue weighted by molar-refractivity contribution is -0.870. The highest BCUT2D eigenvalue weighted by atomic mass is 31.2. The molecule has 0 amide bonds. The molecule has 0 radical (unpaired) electrons. The molecule has 0 saturated heterocycles. The number of hydrogen-bond acceptors (Lipinski definition) is 8. The Kier molecular flexibility index (Phi) is 45.9. The zero-order valence-corrected chi connectivity index (χ0v) is 44.4. The second-order valence-corrected chi connectivity index (χ2v) is 19.6. The van der Waals surface area contributed by atoms with Crippen LogP contribution >= 0.6 is 7.82 Å². The van der Waals surface area contributed by atoms with Crippen molar-refractivity contribution >= 4 is 19.8 Å². The number of nitrogens with zero attached hydrogens (tertiary/aromatic N) is 1. The average Bonchev–Trinajstić information content (AvgIpc) is 3.30. The summed E-state index contributed by atoms with van der Waals surface area (Å²) < 4.78 is 33.8. The number of carbonyl (C=O) groups excluding carboxylic acids is 2. The van der Waals surface area contributed by atoms with Gasteiger partial charge in [-0.1, -0.05) is 200 Å². The van der Waals surface area contributed by atoms with Gasteiger partial charge >= 0.3 is 11.9 Å². The van der Waals surface area contributed by atoms with Crippen LogP contribution in [0.3, 0.4) is 0 Å². The Hall–Kier alpha value is -3.59. The fourth-order valence-corrected chi connectivity index (χ4v) is 7.17. The van der Waals surface area contributed by atoms with E-state index >= 15 is 0 Å². The first-order valence-corrected chi connectivity index (χ1v) is 27.7. The number of allylic oxidation sites excluding steroid dienone is 20. The van der Waals surface area contributed by atoms with Crippen molar-refractivity contribution < 1.29 is 42.1 Å². The summed E-state index contributed by atoms with van der Waals surface area (Å²) in [6.07, 6.45) is 68.4. The summed E-state index contributed by atoms with van der Waals surface area (Å²) >= 11 is 0. The van der Waals surface area contributed by atoms with Crippen LogP contribution in [0, 0.1) is 0 Å². The molecule has 0 aromatic rings. The van der Waals surface area contributed by atoms with Crippen LogP contribution in [0.15, 0.2) is 122 Å². The van der Waals surface area contributed by atoms with Crippen LogP contribution in [0.1, 0.15) is 181 Å². The first-order valence-electron chi connectivity index (χ1n) is 26.2. The summed E-state index contributed by atoms with van der Waals surface area (Å²) in [6, 6.07) is 0. The molecule has 386 valence electrons. The van der Waals surface area contributed by atoms with Crippen molar-refractivity contribution in [1.29, 1.82) is 0 Å². The molecule has 0 fully saturated rings. The largest absolute Gasteiger partial charge is 0.756 e. The first kappa shape index (κ1) is 64.4. The van der Waals surface area contributed by atoms with Crippen molar-refractivity contribution in [3.05, 3.63) is 122 Å². The van der Waals surface area contributed by atoms with Crippen LogP contribution in [0.2, 0.25) is 0 Å². The van der Waals surface area contributed by atoms with Crippen molar-refractivity contribution in [2.45, 2.75) is 187 Å². The van der Waals surface area contributed by atoms with E-state index in [1.807, 2.05) is 21.1 Å². The Labute approximate surface area is 416 Å². The molecule has 0 saturated carbocycles. The Bertz CT molecular complexity index is 1560. The molecule has 2 unspecified atom stereocenters. The van der Waals surface area contributed by atoms with Crippen LogP contribution in [-0.4, -0.2) is 70.0 Å². The fraction of sp³-hybridized carbons (Fsp3) is 0.621. The van der Waals surface area contributed by atoms with Crippen molar-refractivity contribution in [1.82, 2.24) is 0 Å². The lowest BCUT2D eigenvalue weighted by atomic mass is 10.1. The maximum atomic E-state index is 12.7. The predicted octanol–water partition coefficient (Wildman–Crippen LogP) is 15.4. The van der Waals surface area contributed by atoms with Crippen molar-refractivity contribution in [2.75, 3.05) is 47.5 Å². The molecule has 0 aliphatic rings. The van der Waals surface area contributed by atoms with Gasteiger partial charge in [-0.3, -0.25) is 14.2 Å². The summed E-state index contributed by atoms with van der Waals surface area (Å²) in [5.41, 5.74) is 0. The first-order chi connectivity index (χ1) is 33.0. The van der Waals surface area contributed by atoms with Gasteiger partial charge in [0, 0.05) is 12.8 Å². The Morgan fingerprint density at radius 1 is 0.471 bits per heavy atom. The molecule has 0 spiro atoms. The third kappa shape index (κ3) is 51.8. The standard InChI is InChI=1S/C58H96NO8P/c1-6-8-10-12-14-15-16-17-18-19-20-21-22-23-24-25-26-27-28-29-30-31-32-33-34-35-36-37-38-39-40-41-42-43-45-47-49-51-58(61)67-56(55-66-68(62,63)65-53-52-59(3,4)5)54-64-57(60)50-48-46-44-13-11-9-7-2/h8,10,14-15,17-18,20-21,23-24,26-27,29-30,32-33,35-36,38-39,56H,6-7,9,11-13,16,19,22,25,28,31,34,37,40-55H2,1-5H3/b10-8-,15-14-,18-17-,21-20-,24-23-,27-26-,30-29-,33-32-,36-35-,39-38-. The van der Waals surface area contributed by atoms with E-state index in [9.17, 15) is 19.0 Å². The normalized spacial score (nSPS) is 14.4. The van der Waals surface area contributed by atoms with Crippen LogP contribution in [0.25, 0.3) is 0 Å². The van der Waals surface area contributed by atoms with E-state index in [0.717, 1.165) is 128 Å². The van der Waals surface area contributed by atoms with Crippen molar-refractivity contribution in [3.8, 4) is 0 Å². The molecule has 0 aromatic carbocycles. The minimum atomic E-state index is -4.63. The number of rotatable bonds is 46. The number of phosphoric ester groups is 1. The Morgan fingerprint density at radius 3 is 1.25 bits per heavy atom. The van der Waals surface area contributed by atoms with E-state index in [-0.39, 0.29) is 26.1 Å². The number of likely N-dealkylation sites (N-methyl/N-ethyl adjacent to an activating group) is 1. The highest BCUT2D eigenvalue weighted by molar-refractivity contribution is 7.45. The van der Waals surface area contributed by atoms with Gasteiger partial charge in [-0.05, 0) is 89.9 Å². The lowest BCUT2D eigenvalue weighted by Gasteiger charge is -2.28. The third-order valence-electron chi connectivity index (χ3n) is 10.5. The topological polar surface area (TPSA) is 111 Å². The lowest BCUT2D eigenvalue weighted by Crippen LogP contribution is -2.37. The number of carbonyl (C=O) groups is 2. The molecule has 10 heteroatoms. The molecule has 0 N–H and O–H groups in total. The van der Waals surface area contributed by atoms with Crippen LogP contribution < -0.4 is 4.89 Å². The van der Waals surface area contributed by atoms with E-state index in [2.05, 4.69) is 135 Å². The van der Waals surface area contributed by atoms with Gasteiger partial charge in [-0.25, -0.2) is 0 Å². The molecule has 2 atom stereocenters. The number of ether oxygens (including phenoxy) is 2. The molecule has 0 bridgehead atoms. The third-order valence-corrected chi connectivity index (χ3v) is 11.5. The van der Waals surface area contributed by atoms with E-state index in [4.69, 9.17) is 18.5 Å². The second kappa shape index (κ2) is 48.4. The second-order valence-electron chi connectivity index (χ2n) is 18.2. The van der Waals surface area contributed by atoms with Crippen LogP contribution in [0.4, 0.5) is 0 Å². The zero-order valence-electron chi connectivity index (χ0n) is 43.5. The van der Waals surface area contributed by atoms with Crippen LogP contribution in [0.5, 0.6) is 0 Å². The molecule has 0 rings (SSSR count). The van der Waals surface area contributed by atoms with Gasteiger partial charge in [-0.2, -0.15) is 0 Å². The molecular formula is C58H96NO8P. The highest BCUT2D eigenvalue weighted by Crippen LogP contribution is 2.38. The van der Waals surface area contributed by atoms with Gasteiger partial charge in [0.15, 0.2) is 6.10 Å². The van der Waals surface area contributed by atoms with Crippen molar-refractivity contribution in [2.24, 2.45) is 0 Å². The summed E-state index contributed by atoms with van der Waals surface area (Å²) in [5, 5.41) is 0. The minimum Gasteiger partial charge on any atom is -0.756 e. The van der Waals surface area contributed by atoms with E-state index < -0.39 is 32.5 Å². The molecule has 0 heterocycles. The van der Waals surface area contributed by atoms with Crippen LogP contribution in [-0.2, 0) is 32.7 Å². The number of esters is 2. The SMILES string of the molecule is CC/C=C\C/C=C\C/C=C\C/C=C\C/C=C\C/C=C\C/C=C\C/C=C\C/C=C\C/C=C\CCCCCCCCC(=O)OC(COC(=O)CCCCCCCCC)COP(=O)([O-])OCC[N+](C)(C)C. The fourth-order valence-electron chi connectivity index (χ4n) is 6.45. The van der Waals surface area contributed by atoms with E-state index in [1.165, 1.54) is 19.3 Å². The quantitative estimate of drug-likeness (QED) is 0.0195. The number of quaternary nitrogens is 1. The monoisotopic (exact) mass is 966 g/mol. The average molecular weight is 966 g/mol. The number of phosphoric acid groups is 1. The summed E-state index contributed by atoms with van der Waals surface area (Å²) in [5.74, 6) is -0.868. The summed E-state index contributed by atoms with van der Waals surface area (Å²) in [7, 11) is 1.14. The number of unbranched alkanes of at least 4 members (excludes halogenated alkanes) is 12. The van der Waals surface area contributed by atoms with E-state index in [1.54, 1.807) is 0 Å². The Morgan fingerprint density at radius 2 is 0.838 bits per heavy atom. The zero-order chi connectivity index (χ0) is 49.9. The number of hydrogen-bond donors (Lipinski definition) is 0. The van der Waals surface area contributed by atoms with Gasteiger partial charge in [0.05, 0.1) is 27.7 Å². The maximum Gasteiger partial charge on any atom is 0.306 e. The van der Waals surface area contributed by atoms with Crippen molar-refractivity contribution in [3.63, 3.8) is 0 Å². The predicted molar refractivity (Wildman–Crippen MR) is 286 cm³/mol. The minimum absolute atomic E-state index is 0.0394. The summed E-state index contributed by atoms with van der Waals surface area (Å²) in [6.45, 7) is 4.02. The van der Waals surface area contributed by atoms with Gasteiger partial charge in [0.25, 0.3) is 7.82 Å². The van der Waals surface area contributed by atoms with Gasteiger partial charge < -0.3 is 27.9 Å². The van der Waals surface area contributed by atoms with Gasteiger partial charge in [-0.15, -0.1) is 0 Å². The van der Waals surface area contributed by atoms with Gasteiger partial charge in [0.2, 0.25) is 0 Å². The molecular weight excluding hydrogens is 870 g/mol. The molecule has 9 nitrogen and oxygen atoms in total. The highest BCUT2D eigenvalue weighted by Gasteiger charge is 2.21.